The lowest BCUT2D eigenvalue weighted by Crippen LogP contribution is -2.44. The average Bonchev–Trinajstić information content (AvgIpc) is 3.40. The topological polar surface area (TPSA) is 121 Å². The molecule has 12 heteroatoms. The van der Waals surface area contributed by atoms with E-state index in [0.29, 0.717) is 5.52 Å². The Hall–Kier alpha value is -3.51. The summed E-state index contributed by atoms with van der Waals surface area (Å²) in [6.07, 6.45) is -0.671. The number of aromatic amines is 1. The van der Waals surface area contributed by atoms with Crippen molar-refractivity contribution in [2.75, 3.05) is 19.6 Å². The van der Waals surface area contributed by atoms with Crippen LogP contribution < -0.4 is 10.0 Å². The molecule has 204 valence electrons. The minimum atomic E-state index is -3.89. The Kier molecular flexibility index (Phi) is 7.75. The fourth-order valence-electron chi connectivity index (χ4n) is 4.25. The van der Waals surface area contributed by atoms with E-state index in [1.165, 1.54) is 29.2 Å². The summed E-state index contributed by atoms with van der Waals surface area (Å²) in [5.74, 6) is -0.793. The number of alkyl carbamates (subject to hydrolysis) is 1. The number of benzene rings is 2. The summed E-state index contributed by atoms with van der Waals surface area (Å²) in [7, 11) is -3.89. The van der Waals surface area contributed by atoms with Crippen LogP contribution in [0, 0.1) is 5.82 Å². The van der Waals surface area contributed by atoms with E-state index in [2.05, 4.69) is 15.0 Å². The van der Waals surface area contributed by atoms with Gasteiger partial charge < -0.3 is 19.9 Å². The molecule has 4 rings (SSSR count). The van der Waals surface area contributed by atoms with Gasteiger partial charge in [-0.3, -0.25) is 4.79 Å². The summed E-state index contributed by atoms with van der Waals surface area (Å²) >= 11 is 0. The molecule has 3 N–H and O–H groups in total. The van der Waals surface area contributed by atoms with Gasteiger partial charge in [0, 0.05) is 42.2 Å². The van der Waals surface area contributed by atoms with Gasteiger partial charge in [-0.2, -0.15) is 0 Å². The lowest BCUT2D eigenvalue weighted by Gasteiger charge is -2.22. The minimum absolute atomic E-state index is 0.0196. The fourth-order valence-corrected chi connectivity index (χ4v) is 5.28. The molecule has 0 radical (unpaired) electrons. The van der Waals surface area contributed by atoms with Gasteiger partial charge >= 0.3 is 6.09 Å². The molecule has 0 saturated carbocycles. The van der Waals surface area contributed by atoms with E-state index >= 15 is 0 Å². The Balaban J connectivity index is 1.30. The number of sulfonamides is 1. The number of H-pyrrole nitrogens is 1. The Labute approximate surface area is 219 Å². The molecule has 9 nitrogen and oxygen atoms in total. The van der Waals surface area contributed by atoms with Crippen molar-refractivity contribution >= 4 is 32.9 Å². The number of hydrogen-bond acceptors (Lipinski definition) is 5. The fraction of sp³-hybridized carbons (Fsp3) is 0.385. The predicted octanol–water partition coefficient (Wildman–Crippen LogP) is 3.72. The van der Waals surface area contributed by atoms with Crippen LogP contribution in [0.4, 0.5) is 13.6 Å². The van der Waals surface area contributed by atoms with Crippen molar-refractivity contribution in [3.63, 3.8) is 0 Å². The number of alkyl halides is 1. The molecule has 1 aromatic heterocycles. The molecular weight excluding hydrogens is 518 g/mol. The number of fused-ring (bicyclic) bond motifs is 1. The van der Waals surface area contributed by atoms with Gasteiger partial charge in [0.2, 0.25) is 15.9 Å². The average molecular weight is 549 g/mol. The van der Waals surface area contributed by atoms with Crippen molar-refractivity contribution < 1.29 is 31.5 Å². The van der Waals surface area contributed by atoms with Crippen molar-refractivity contribution in [3.8, 4) is 11.1 Å². The molecule has 0 spiro atoms. The number of nitrogens with one attached hydrogen (secondary N) is 3. The molecule has 0 bridgehead atoms. The van der Waals surface area contributed by atoms with Crippen LogP contribution in [0.15, 0.2) is 53.6 Å². The summed E-state index contributed by atoms with van der Waals surface area (Å²) in [5.41, 5.74) is 1.45. The molecular formula is C26H30F2N4O5S. The van der Waals surface area contributed by atoms with Crippen LogP contribution in [-0.4, -0.2) is 67.8 Å². The molecule has 0 aliphatic carbocycles. The number of nitrogens with zero attached hydrogens (tertiary/aromatic N) is 1. The summed E-state index contributed by atoms with van der Waals surface area (Å²) in [4.78, 5) is 28.7. The smallest absolute Gasteiger partial charge is 0.408 e. The SMILES string of the molecule is CC(C)(C)OC(=O)N[C@@H]1CN(C(=O)CCNS(=O)(=O)c2ccc(-c3c[nH]c4cc(F)ccc34)cc2)C[C@H]1F. The first kappa shape index (κ1) is 27.5. The number of carbonyl (C=O) groups is 2. The Morgan fingerprint density at radius 2 is 1.84 bits per heavy atom. The van der Waals surface area contributed by atoms with Crippen LogP contribution in [0.1, 0.15) is 27.2 Å². The van der Waals surface area contributed by atoms with Gasteiger partial charge in [0.05, 0.1) is 17.5 Å². The molecule has 1 saturated heterocycles. The summed E-state index contributed by atoms with van der Waals surface area (Å²) < 4.78 is 60.8. The number of amides is 2. The van der Waals surface area contributed by atoms with E-state index < -0.39 is 39.8 Å². The number of aromatic nitrogens is 1. The Bertz CT molecular complexity index is 1430. The van der Waals surface area contributed by atoms with Gasteiger partial charge in [0.15, 0.2) is 0 Å². The normalized spacial score (nSPS) is 18.1. The molecule has 1 aliphatic rings. The summed E-state index contributed by atoms with van der Waals surface area (Å²) in [5, 5.41) is 3.24. The third kappa shape index (κ3) is 6.48. The van der Waals surface area contributed by atoms with Crippen LogP contribution in [0.3, 0.4) is 0 Å². The van der Waals surface area contributed by atoms with Crippen molar-refractivity contribution in [1.82, 2.24) is 19.9 Å². The van der Waals surface area contributed by atoms with Crippen molar-refractivity contribution in [2.24, 2.45) is 0 Å². The van der Waals surface area contributed by atoms with Gasteiger partial charge in [-0.25, -0.2) is 26.7 Å². The highest BCUT2D eigenvalue weighted by molar-refractivity contribution is 7.89. The summed E-state index contributed by atoms with van der Waals surface area (Å²) in [6.45, 7) is 4.65. The second-order valence-electron chi connectivity index (χ2n) is 10.1. The van der Waals surface area contributed by atoms with E-state index in [0.717, 1.165) is 16.5 Å². The van der Waals surface area contributed by atoms with Crippen LogP contribution in [0.2, 0.25) is 0 Å². The third-order valence-corrected chi connectivity index (χ3v) is 7.53. The maximum atomic E-state index is 14.4. The number of halogens is 2. The van der Waals surface area contributed by atoms with Gasteiger partial charge in [0.25, 0.3) is 0 Å². The van der Waals surface area contributed by atoms with E-state index in [9.17, 15) is 26.8 Å². The summed E-state index contributed by atoms with van der Waals surface area (Å²) in [6, 6.07) is 9.69. The highest BCUT2D eigenvalue weighted by Crippen LogP contribution is 2.29. The largest absolute Gasteiger partial charge is 0.444 e. The van der Waals surface area contributed by atoms with E-state index in [1.807, 2.05) is 0 Å². The highest BCUT2D eigenvalue weighted by Gasteiger charge is 2.37. The Morgan fingerprint density at radius 1 is 1.13 bits per heavy atom. The van der Waals surface area contributed by atoms with Gasteiger partial charge in [-0.15, -0.1) is 0 Å². The number of rotatable bonds is 7. The molecule has 2 amide bonds. The van der Waals surface area contributed by atoms with Crippen LogP contribution in [-0.2, 0) is 19.6 Å². The van der Waals surface area contributed by atoms with Crippen LogP contribution >= 0.6 is 0 Å². The minimum Gasteiger partial charge on any atom is -0.444 e. The third-order valence-electron chi connectivity index (χ3n) is 6.05. The monoisotopic (exact) mass is 548 g/mol. The van der Waals surface area contributed by atoms with E-state index in [-0.39, 0.29) is 36.8 Å². The molecule has 2 atom stereocenters. The molecule has 38 heavy (non-hydrogen) atoms. The van der Waals surface area contributed by atoms with Crippen molar-refractivity contribution in [3.05, 3.63) is 54.5 Å². The van der Waals surface area contributed by atoms with E-state index in [1.54, 1.807) is 45.2 Å². The van der Waals surface area contributed by atoms with Crippen molar-refractivity contribution in [2.45, 2.75) is 49.9 Å². The highest BCUT2D eigenvalue weighted by atomic mass is 32.2. The van der Waals surface area contributed by atoms with E-state index in [4.69, 9.17) is 4.74 Å². The lowest BCUT2D eigenvalue weighted by molar-refractivity contribution is -0.130. The number of hydrogen-bond donors (Lipinski definition) is 3. The maximum Gasteiger partial charge on any atom is 0.408 e. The number of likely N-dealkylation sites (tertiary alicyclic amines) is 1. The maximum absolute atomic E-state index is 14.4. The van der Waals surface area contributed by atoms with Crippen LogP contribution in [0.5, 0.6) is 0 Å². The molecule has 3 aromatic rings. The van der Waals surface area contributed by atoms with Gasteiger partial charge in [0.1, 0.15) is 17.6 Å². The molecule has 1 aliphatic heterocycles. The number of ether oxygens (including phenoxy) is 1. The Morgan fingerprint density at radius 3 is 2.53 bits per heavy atom. The quantitative estimate of drug-likeness (QED) is 0.416. The first-order valence-corrected chi connectivity index (χ1v) is 13.6. The second kappa shape index (κ2) is 10.7. The molecule has 0 unspecified atom stereocenters. The number of carbonyl (C=O) groups excluding carboxylic acids is 2. The second-order valence-corrected chi connectivity index (χ2v) is 11.9. The zero-order valence-electron chi connectivity index (χ0n) is 21.3. The standard InChI is InChI=1S/C26H30F2N4O5S/c1-26(2,3)37-25(34)31-23-15-32(14-21(23)28)24(33)10-11-30-38(35,36)18-7-4-16(5-8-18)20-13-29-22-12-17(27)6-9-19(20)22/h4-9,12-13,21,23,29-30H,10-11,14-15H2,1-3H3,(H,31,34)/t21-,23-/m1/s1. The first-order chi connectivity index (χ1) is 17.8. The molecule has 1 fully saturated rings. The zero-order chi connectivity index (χ0) is 27.7. The van der Waals surface area contributed by atoms with Crippen molar-refractivity contribution in [1.29, 1.82) is 0 Å². The van der Waals surface area contributed by atoms with Gasteiger partial charge in [-0.05, 0) is 56.7 Å². The zero-order valence-corrected chi connectivity index (χ0v) is 22.1. The van der Waals surface area contributed by atoms with Crippen LogP contribution in [0.25, 0.3) is 22.0 Å². The molecule has 2 heterocycles. The predicted molar refractivity (Wildman–Crippen MR) is 138 cm³/mol. The first-order valence-electron chi connectivity index (χ1n) is 12.1. The van der Waals surface area contributed by atoms with Gasteiger partial charge in [-0.1, -0.05) is 12.1 Å². The lowest BCUT2D eigenvalue weighted by atomic mass is 10.1. The molecule has 2 aromatic carbocycles.